The topological polar surface area (TPSA) is 107 Å². The van der Waals surface area contributed by atoms with Crippen molar-refractivity contribution in [1.29, 1.82) is 0 Å². The van der Waals surface area contributed by atoms with Crippen LogP contribution in [0.25, 0.3) is 0 Å². The number of quaternary nitrogens is 1. The van der Waals surface area contributed by atoms with Crippen molar-refractivity contribution in [2.24, 2.45) is 0 Å². The van der Waals surface area contributed by atoms with Gasteiger partial charge in [0.1, 0.15) is 12.6 Å². The molecule has 0 aliphatic rings. The number of carbonyl (C=O) groups excluding carboxylic acids is 1. The first-order valence-electron chi connectivity index (χ1n) is 10.4. The van der Waals surface area contributed by atoms with Crippen molar-refractivity contribution in [2.45, 2.75) is 70.8 Å². The second kappa shape index (κ2) is 15.0. The van der Waals surface area contributed by atoms with Gasteiger partial charge in [-0.15, -0.1) is 0 Å². The zero-order chi connectivity index (χ0) is 21.5. The molecule has 8 heteroatoms. The Labute approximate surface area is 171 Å². The predicted molar refractivity (Wildman–Crippen MR) is 112 cm³/mol. The Kier molecular flexibility index (Phi) is 14.4. The molecule has 0 fully saturated rings. The summed E-state index contributed by atoms with van der Waals surface area (Å²) in [5.74, 6) is -0.699. The summed E-state index contributed by atoms with van der Waals surface area (Å²) < 4.78 is 32.5. The highest BCUT2D eigenvalue weighted by Gasteiger charge is 2.21. The third kappa shape index (κ3) is 18.4. The van der Waals surface area contributed by atoms with E-state index in [-0.39, 0.29) is 12.5 Å². The number of nitrogens with zero attached hydrogens (tertiary/aromatic N) is 1. The monoisotopic (exact) mass is 420 g/mol. The van der Waals surface area contributed by atoms with E-state index in [1.165, 1.54) is 19.3 Å². The summed E-state index contributed by atoms with van der Waals surface area (Å²) >= 11 is 0. The molecule has 1 unspecified atom stereocenters. The Morgan fingerprint density at radius 3 is 2.39 bits per heavy atom. The minimum atomic E-state index is -4.42. The van der Waals surface area contributed by atoms with E-state index in [1.54, 1.807) is 0 Å². The number of allylic oxidation sites excluding steroid dienone is 2. The summed E-state index contributed by atoms with van der Waals surface area (Å²) in [4.78, 5) is 11.8. The molecule has 0 aromatic carbocycles. The SMILES string of the molecule is CC/C=C/CCCCCCCC(=O)NCCC[N+](C)(C)CC(O)CS(=O)(=O)[O-]. The number of aliphatic hydroxyl groups excluding tert-OH is 1. The van der Waals surface area contributed by atoms with Crippen LogP contribution in [0.1, 0.15) is 64.7 Å². The number of rotatable bonds is 17. The number of aliphatic hydroxyl groups is 1. The van der Waals surface area contributed by atoms with Gasteiger partial charge in [0, 0.05) is 19.4 Å². The van der Waals surface area contributed by atoms with E-state index in [2.05, 4.69) is 24.4 Å². The van der Waals surface area contributed by atoms with Gasteiger partial charge >= 0.3 is 0 Å². The van der Waals surface area contributed by atoms with Crippen molar-refractivity contribution in [1.82, 2.24) is 5.32 Å². The molecular weight excluding hydrogens is 380 g/mol. The van der Waals surface area contributed by atoms with Crippen LogP contribution in [0, 0.1) is 0 Å². The molecule has 0 aliphatic carbocycles. The van der Waals surface area contributed by atoms with Crippen LogP contribution >= 0.6 is 0 Å². The van der Waals surface area contributed by atoms with Crippen LogP contribution in [0.2, 0.25) is 0 Å². The van der Waals surface area contributed by atoms with Crippen LogP contribution in [0.15, 0.2) is 12.2 Å². The maximum atomic E-state index is 11.8. The number of likely N-dealkylation sites (N-methyl/N-ethyl adjacent to an activating group) is 1. The molecule has 1 atom stereocenters. The Morgan fingerprint density at radius 1 is 1.11 bits per heavy atom. The van der Waals surface area contributed by atoms with E-state index in [0.717, 1.165) is 32.1 Å². The summed E-state index contributed by atoms with van der Waals surface area (Å²) in [6.07, 6.45) is 12.4. The number of carbonyl (C=O) groups is 1. The highest BCUT2D eigenvalue weighted by Crippen LogP contribution is 2.08. The molecule has 2 N–H and O–H groups in total. The maximum absolute atomic E-state index is 11.8. The molecule has 0 aromatic heterocycles. The van der Waals surface area contributed by atoms with Crippen LogP contribution in [0.4, 0.5) is 0 Å². The van der Waals surface area contributed by atoms with Crippen LogP contribution in [-0.4, -0.2) is 74.1 Å². The zero-order valence-electron chi connectivity index (χ0n) is 17.9. The average molecular weight is 421 g/mol. The van der Waals surface area contributed by atoms with Gasteiger partial charge in [-0.2, -0.15) is 0 Å². The minimum Gasteiger partial charge on any atom is -0.748 e. The van der Waals surface area contributed by atoms with E-state index in [4.69, 9.17) is 0 Å². The summed E-state index contributed by atoms with van der Waals surface area (Å²) in [5.41, 5.74) is 0. The quantitative estimate of drug-likeness (QED) is 0.162. The zero-order valence-corrected chi connectivity index (χ0v) is 18.7. The molecule has 28 heavy (non-hydrogen) atoms. The van der Waals surface area contributed by atoms with Gasteiger partial charge in [0.2, 0.25) is 5.91 Å². The molecule has 166 valence electrons. The Morgan fingerprint density at radius 2 is 1.75 bits per heavy atom. The van der Waals surface area contributed by atoms with Gasteiger partial charge in [0.25, 0.3) is 0 Å². The number of hydrogen-bond acceptors (Lipinski definition) is 5. The Bertz CT molecular complexity index is 547. The smallest absolute Gasteiger partial charge is 0.219 e. The van der Waals surface area contributed by atoms with Gasteiger partial charge in [-0.1, -0.05) is 38.3 Å². The fraction of sp³-hybridized carbons (Fsp3) is 0.850. The van der Waals surface area contributed by atoms with E-state index in [1.807, 2.05) is 14.1 Å². The highest BCUT2D eigenvalue weighted by atomic mass is 32.2. The van der Waals surface area contributed by atoms with Gasteiger partial charge in [-0.25, -0.2) is 8.42 Å². The van der Waals surface area contributed by atoms with E-state index in [9.17, 15) is 22.9 Å². The number of amides is 1. The predicted octanol–water partition coefficient (Wildman–Crippen LogP) is 2.17. The van der Waals surface area contributed by atoms with Crippen LogP contribution < -0.4 is 5.32 Å². The van der Waals surface area contributed by atoms with E-state index in [0.29, 0.717) is 24.0 Å². The summed E-state index contributed by atoms with van der Waals surface area (Å²) in [6.45, 7) is 3.55. The normalized spacial score (nSPS) is 13.8. The van der Waals surface area contributed by atoms with Gasteiger partial charge in [0.05, 0.1) is 36.5 Å². The van der Waals surface area contributed by atoms with Crippen molar-refractivity contribution < 1.29 is 27.4 Å². The summed E-state index contributed by atoms with van der Waals surface area (Å²) in [7, 11) is -0.699. The number of unbranched alkanes of at least 4 members (excludes halogenated alkanes) is 5. The van der Waals surface area contributed by atoms with Crippen molar-refractivity contribution in [3.63, 3.8) is 0 Å². The van der Waals surface area contributed by atoms with Gasteiger partial charge in [-0.05, 0) is 25.7 Å². The van der Waals surface area contributed by atoms with E-state index >= 15 is 0 Å². The Hall–Kier alpha value is -0.960. The van der Waals surface area contributed by atoms with Crippen LogP contribution in [0.5, 0.6) is 0 Å². The molecule has 7 nitrogen and oxygen atoms in total. The third-order valence-electron chi connectivity index (χ3n) is 4.54. The van der Waals surface area contributed by atoms with Crippen molar-refractivity contribution >= 4 is 16.0 Å². The maximum Gasteiger partial charge on any atom is 0.219 e. The molecule has 0 aliphatic heterocycles. The lowest BCUT2D eigenvalue weighted by atomic mass is 10.1. The lowest BCUT2D eigenvalue weighted by molar-refractivity contribution is -0.893. The van der Waals surface area contributed by atoms with Crippen molar-refractivity contribution in [3.8, 4) is 0 Å². The molecule has 0 saturated heterocycles. The first-order chi connectivity index (χ1) is 13.1. The first-order valence-corrected chi connectivity index (χ1v) is 12.0. The summed E-state index contributed by atoms with van der Waals surface area (Å²) in [6, 6.07) is 0. The van der Waals surface area contributed by atoms with E-state index < -0.39 is 22.0 Å². The molecule has 1 amide bonds. The molecule has 0 rings (SSSR count). The Balaban J connectivity index is 3.71. The minimum absolute atomic E-state index is 0.0636. The average Bonchev–Trinajstić information content (AvgIpc) is 2.55. The standard InChI is InChI=1S/C20H40N2O5S/c1-4-5-6-7-8-9-10-11-12-14-20(24)21-15-13-16-22(2,3)17-19(23)18-28(25,26)27/h5-6,19,23H,4,7-18H2,1-3H3,(H-,21,24,25,26,27)/b6-5+. The first kappa shape index (κ1) is 27.0. The fourth-order valence-corrected chi connectivity index (χ4v) is 3.71. The number of nitrogens with one attached hydrogen (secondary N) is 1. The van der Waals surface area contributed by atoms with Crippen molar-refractivity contribution in [3.05, 3.63) is 12.2 Å². The molecule has 0 aromatic rings. The molecule has 0 bridgehead atoms. The fourth-order valence-electron chi connectivity index (χ4n) is 3.14. The van der Waals surface area contributed by atoms with Gasteiger partial charge in [-0.3, -0.25) is 4.79 Å². The molecule has 0 heterocycles. The van der Waals surface area contributed by atoms with Gasteiger partial charge < -0.3 is 19.5 Å². The second-order valence-corrected chi connectivity index (χ2v) is 9.56. The molecule has 0 radical (unpaired) electrons. The highest BCUT2D eigenvalue weighted by molar-refractivity contribution is 7.85. The largest absolute Gasteiger partial charge is 0.748 e. The molecular formula is C20H40N2O5S. The lowest BCUT2D eigenvalue weighted by Crippen LogP contribution is -2.48. The van der Waals surface area contributed by atoms with Crippen LogP contribution in [0.3, 0.4) is 0 Å². The molecule has 0 spiro atoms. The van der Waals surface area contributed by atoms with Gasteiger partial charge in [0.15, 0.2) is 0 Å². The van der Waals surface area contributed by atoms with Crippen LogP contribution in [-0.2, 0) is 14.9 Å². The third-order valence-corrected chi connectivity index (χ3v) is 5.33. The number of hydrogen-bond donors (Lipinski definition) is 2. The van der Waals surface area contributed by atoms with Crippen molar-refractivity contribution in [2.75, 3.05) is 39.5 Å². The summed E-state index contributed by atoms with van der Waals surface area (Å²) in [5, 5.41) is 12.6. The lowest BCUT2D eigenvalue weighted by Gasteiger charge is -2.32. The molecule has 0 saturated carbocycles. The second-order valence-electron chi connectivity index (χ2n) is 8.11.